The number of benzene rings is 2. The van der Waals surface area contributed by atoms with Gasteiger partial charge in [-0.1, -0.05) is 47.5 Å². The first kappa shape index (κ1) is 20.7. The number of hydrogen-bond donors (Lipinski definition) is 2. The lowest BCUT2D eigenvalue weighted by Gasteiger charge is -2.45. The van der Waals surface area contributed by atoms with Crippen LogP contribution in [0, 0.1) is 0 Å². The maximum absolute atomic E-state index is 12.9. The predicted octanol–water partition coefficient (Wildman–Crippen LogP) is 3.79. The van der Waals surface area contributed by atoms with E-state index in [2.05, 4.69) is 5.10 Å². The predicted molar refractivity (Wildman–Crippen MR) is 117 cm³/mol. The van der Waals surface area contributed by atoms with Crippen molar-refractivity contribution in [3.05, 3.63) is 81.2 Å². The van der Waals surface area contributed by atoms with Crippen LogP contribution in [0.3, 0.4) is 0 Å². The van der Waals surface area contributed by atoms with Gasteiger partial charge in [-0.25, -0.2) is 0 Å². The lowest BCUT2D eigenvalue weighted by molar-refractivity contribution is -0.134. The van der Waals surface area contributed by atoms with Gasteiger partial charge < -0.3 is 15.1 Å². The summed E-state index contributed by atoms with van der Waals surface area (Å²) in [7, 11) is 0. The molecule has 0 aliphatic carbocycles. The lowest BCUT2D eigenvalue weighted by atomic mass is 9.83. The number of hydrazone groups is 1. The summed E-state index contributed by atoms with van der Waals surface area (Å²) in [5.41, 5.74) is 1.86. The Balaban J connectivity index is 1.89. The lowest BCUT2D eigenvalue weighted by Crippen LogP contribution is -2.56. The Kier molecular flexibility index (Phi) is 5.73. The minimum atomic E-state index is -1.31. The fourth-order valence-electron chi connectivity index (χ4n) is 4.07. The molecular formula is C22H21Cl2N3O3. The van der Waals surface area contributed by atoms with Gasteiger partial charge in [0.1, 0.15) is 6.10 Å². The van der Waals surface area contributed by atoms with Crippen LogP contribution < -0.4 is 0 Å². The third kappa shape index (κ3) is 3.67. The third-order valence-corrected chi connectivity index (χ3v) is 5.95. The molecule has 1 unspecified atom stereocenters. The number of aliphatic hydroxyl groups excluding tert-OH is 2. The summed E-state index contributed by atoms with van der Waals surface area (Å²) in [6, 6.07) is 14.7. The standard InChI is InChI=1S/C22H21Cl2N3O3/c1-2-26-12-17(27-20(22(26)30)21(29)18(28)11-25-27)19(13-5-3-7-15(23)9-13)14-6-4-8-16(24)10-14/h3-11,17-19,28-29H,2,12H2,1H3/t17-,18?/m1/s1. The van der Waals surface area contributed by atoms with Gasteiger partial charge in [-0.3, -0.25) is 9.80 Å². The zero-order chi connectivity index (χ0) is 21.4. The maximum Gasteiger partial charge on any atom is 0.275 e. The van der Waals surface area contributed by atoms with Crippen LogP contribution in [0.25, 0.3) is 0 Å². The molecular weight excluding hydrogens is 425 g/mol. The summed E-state index contributed by atoms with van der Waals surface area (Å²) in [6.45, 7) is 2.71. The maximum atomic E-state index is 12.9. The smallest absolute Gasteiger partial charge is 0.275 e. The Morgan fingerprint density at radius 1 is 1.13 bits per heavy atom. The van der Waals surface area contributed by atoms with Gasteiger partial charge in [0.25, 0.3) is 5.91 Å². The molecule has 4 rings (SSSR count). The molecule has 2 heterocycles. The number of piperazine rings is 1. The monoisotopic (exact) mass is 445 g/mol. The Morgan fingerprint density at radius 2 is 1.73 bits per heavy atom. The number of aliphatic hydroxyl groups is 2. The molecule has 6 nitrogen and oxygen atoms in total. The largest absolute Gasteiger partial charge is 0.507 e. The quantitative estimate of drug-likeness (QED) is 0.750. The molecule has 30 heavy (non-hydrogen) atoms. The van der Waals surface area contributed by atoms with Gasteiger partial charge in [0, 0.05) is 29.1 Å². The van der Waals surface area contributed by atoms with Crippen molar-refractivity contribution < 1.29 is 15.0 Å². The van der Waals surface area contributed by atoms with Crippen LogP contribution in [0.5, 0.6) is 0 Å². The van der Waals surface area contributed by atoms with Crippen molar-refractivity contribution in [1.82, 2.24) is 9.91 Å². The zero-order valence-electron chi connectivity index (χ0n) is 16.2. The molecule has 0 bridgehead atoms. The molecule has 2 aliphatic rings. The number of hydrogen-bond acceptors (Lipinski definition) is 5. The summed E-state index contributed by atoms with van der Waals surface area (Å²) in [4.78, 5) is 14.6. The van der Waals surface area contributed by atoms with Crippen LogP contribution in [-0.4, -0.2) is 57.5 Å². The second-order valence-corrected chi connectivity index (χ2v) is 8.16. The molecule has 2 N–H and O–H groups in total. The number of carbonyl (C=O) groups is 1. The third-order valence-electron chi connectivity index (χ3n) is 5.48. The van der Waals surface area contributed by atoms with E-state index in [4.69, 9.17) is 23.2 Å². The molecule has 1 amide bonds. The van der Waals surface area contributed by atoms with Gasteiger partial charge in [-0.15, -0.1) is 0 Å². The summed E-state index contributed by atoms with van der Waals surface area (Å²) in [5, 5.41) is 27.6. The van der Waals surface area contributed by atoms with Crippen LogP contribution in [0.4, 0.5) is 0 Å². The van der Waals surface area contributed by atoms with Crippen LogP contribution in [0.1, 0.15) is 24.0 Å². The van der Waals surface area contributed by atoms with E-state index in [1.807, 2.05) is 43.3 Å². The van der Waals surface area contributed by atoms with Crippen molar-refractivity contribution in [2.45, 2.75) is 25.0 Å². The van der Waals surface area contributed by atoms with E-state index < -0.39 is 11.9 Å². The number of carbonyl (C=O) groups excluding carboxylic acids is 1. The van der Waals surface area contributed by atoms with Crippen molar-refractivity contribution in [3.63, 3.8) is 0 Å². The SMILES string of the molecule is CCN1C[C@H](C(c2cccc(Cl)c2)c2cccc(Cl)c2)N2N=CC(O)C(O)=C2C1=O. The Bertz CT molecular complexity index is 994. The van der Waals surface area contributed by atoms with E-state index in [0.29, 0.717) is 23.1 Å². The molecule has 0 radical (unpaired) electrons. The first-order valence-corrected chi connectivity index (χ1v) is 10.4. The molecule has 2 aromatic carbocycles. The second-order valence-electron chi connectivity index (χ2n) is 7.29. The first-order chi connectivity index (χ1) is 14.4. The van der Waals surface area contributed by atoms with Crippen molar-refractivity contribution in [1.29, 1.82) is 0 Å². The highest BCUT2D eigenvalue weighted by Crippen LogP contribution is 2.39. The topological polar surface area (TPSA) is 76.4 Å². The molecule has 1 saturated heterocycles. The number of fused-ring (bicyclic) bond motifs is 1. The van der Waals surface area contributed by atoms with Crippen LogP contribution in [-0.2, 0) is 4.79 Å². The molecule has 0 spiro atoms. The average molecular weight is 446 g/mol. The van der Waals surface area contributed by atoms with Crippen LogP contribution in [0.15, 0.2) is 65.1 Å². The molecule has 1 fully saturated rings. The van der Waals surface area contributed by atoms with E-state index in [1.165, 1.54) is 11.2 Å². The Morgan fingerprint density at radius 3 is 2.27 bits per heavy atom. The van der Waals surface area contributed by atoms with Gasteiger partial charge in [0.05, 0.1) is 12.3 Å². The fraction of sp³-hybridized carbons (Fsp3) is 0.273. The number of amides is 1. The molecule has 8 heteroatoms. The molecule has 2 aliphatic heterocycles. The summed E-state index contributed by atoms with van der Waals surface area (Å²) in [6.07, 6.45) is -0.0817. The van der Waals surface area contributed by atoms with E-state index in [0.717, 1.165) is 11.1 Å². The van der Waals surface area contributed by atoms with Crippen molar-refractivity contribution in [2.75, 3.05) is 13.1 Å². The highest BCUT2D eigenvalue weighted by atomic mass is 35.5. The highest BCUT2D eigenvalue weighted by Gasteiger charge is 2.44. The first-order valence-electron chi connectivity index (χ1n) is 9.65. The van der Waals surface area contributed by atoms with Gasteiger partial charge in [0.2, 0.25) is 0 Å². The molecule has 2 atom stereocenters. The number of nitrogens with zero attached hydrogens (tertiary/aromatic N) is 3. The number of rotatable bonds is 4. The summed E-state index contributed by atoms with van der Waals surface area (Å²) < 4.78 is 0. The summed E-state index contributed by atoms with van der Waals surface area (Å²) >= 11 is 12.6. The highest BCUT2D eigenvalue weighted by molar-refractivity contribution is 6.31. The van der Waals surface area contributed by atoms with E-state index in [9.17, 15) is 15.0 Å². The van der Waals surface area contributed by atoms with Crippen molar-refractivity contribution in [2.24, 2.45) is 5.10 Å². The van der Waals surface area contributed by atoms with E-state index >= 15 is 0 Å². The number of halogens is 2. The molecule has 0 aromatic heterocycles. The van der Waals surface area contributed by atoms with Crippen molar-refractivity contribution >= 4 is 35.3 Å². The van der Waals surface area contributed by atoms with Crippen molar-refractivity contribution in [3.8, 4) is 0 Å². The number of likely N-dealkylation sites (N-methyl/N-ethyl adjacent to an activating group) is 1. The molecule has 0 saturated carbocycles. The van der Waals surface area contributed by atoms with Gasteiger partial charge in [-0.05, 0) is 42.3 Å². The minimum absolute atomic E-state index is 0.00263. The van der Waals surface area contributed by atoms with E-state index in [1.54, 1.807) is 17.0 Å². The average Bonchev–Trinajstić information content (AvgIpc) is 2.72. The van der Waals surface area contributed by atoms with Gasteiger partial charge >= 0.3 is 0 Å². The normalized spacial score (nSPS) is 21.4. The Labute approximate surface area is 184 Å². The fourth-order valence-corrected chi connectivity index (χ4v) is 4.47. The van der Waals surface area contributed by atoms with Gasteiger partial charge in [-0.2, -0.15) is 5.10 Å². The van der Waals surface area contributed by atoms with E-state index in [-0.39, 0.29) is 23.6 Å². The van der Waals surface area contributed by atoms with Crippen LogP contribution >= 0.6 is 23.2 Å². The zero-order valence-corrected chi connectivity index (χ0v) is 17.8. The molecule has 2 aromatic rings. The van der Waals surface area contributed by atoms with Gasteiger partial charge in [0.15, 0.2) is 11.5 Å². The Hall–Kier alpha value is -2.54. The molecule has 156 valence electrons. The summed E-state index contributed by atoms with van der Waals surface area (Å²) in [5.74, 6) is -1.01. The second kappa shape index (κ2) is 8.30. The van der Waals surface area contributed by atoms with Crippen LogP contribution in [0.2, 0.25) is 10.0 Å². The minimum Gasteiger partial charge on any atom is -0.507 e.